The van der Waals surface area contributed by atoms with Crippen LogP contribution >= 0.6 is 0 Å². The molecule has 6 nitrogen and oxygen atoms in total. The molecule has 0 spiro atoms. The molecule has 0 amide bonds. The van der Waals surface area contributed by atoms with E-state index < -0.39 is 0 Å². The molecule has 6 heteroatoms. The molecule has 0 atom stereocenters. The van der Waals surface area contributed by atoms with Crippen molar-refractivity contribution in [3.63, 3.8) is 0 Å². The zero-order chi connectivity index (χ0) is 15.9. The minimum Gasteiger partial charge on any atom is -0.339 e. The quantitative estimate of drug-likeness (QED) is 0.870. The van der Waals surface area contributed by atoms with Crippen molar-refractivity contribution in [3.8, 4) is 0 Å². The van der Waals surface area contributed by atoms with E-state index in [-0.39, 0.29) is 5.41 Å². The Balaban J connectivity index is 1.67. The molecule has 0 saturated carbocycles. The molecule has 0 bridgehead atoms. The van der Waals surface area contributed by atoms with Gasteiger partial charge >= 0.3 is 0 Å². The molecule has 3 rings (SSSR count). The Morgan fingerprint density at radius 2 is 1.86 bits per heavy atom. The van der Waals surface area contributed by atoms with E-state index in [4.69, 9.17) is 4.52 Å². The van der Waals surface area contributed by atoms with Gasteiger partial charge in [-0.3, -0.25) is 9.58 Å². The molecule has 0 aliphatic carbocycles. The second kappa shape index (κ2) is 5.50. The average Bonchev–Trinajstić information content (AvgIpc) is 3.01. The van der Waals surface area contributed by atoms with Crippen LogP contribution < -0.4 is 0 Å². The third-order valence-electron chi connectivity index (χ3n) is 5.04. The van der Waals surface area contributed by atoms with Gasteiger partial charge < -0.3 is 4.52 Å². The molecule has 2 aromatic rings. The van der Waals surface area contributed by atoms with Crippen molar-refractivity contribution < 1.29 is 4.52 Å². The molecular weight excluding hydrogens is 278 g/mol. The molecule has 0 radical (unpaired) electrons. The van der Waals surface area contributed by atoms with Gasteiger partial charge in [-0.25, -0.2) is 0 Å². The molecule has 120 valence electrons. The van der Waals surface area contributed by atoms with Crippen LogP contribution in [0.1, 0.15) is 48.4 Å². The summed E-state index contributed by atoms with van der Waals surface area (Å²) in [4.78, 5) is 6.94. The molecule has 1 aliphatic rings. The van der Waals surface area contributed by atoms with Gasteiger partial charge in [-0.2, -0.15) is 10.1 Å². The van der Waals surface area contributed by atoms with Crippen LogP contribution in [0.5, 0.6) is 0 Å². The Hall–Kier alpha value is -1.69. The molecule has 0 aromatic carbocycles. The second-order valence-corrected chi connectivity index (χ2v) is 6.76. The lowest BCUT2D eigenvalue weighted by atomic mass is 9.80. The topological polar surface area (TPSA) is 60.0 Å². The van der Waals surface area contributed by atoms with Gasteiger partial charge in [0.15, 0.2) is 5.82 Å². The molecule has 0 N–H and O–H groups in total. The normalized spacial score (nSPS) is 18.8. The van der Waals surface area contributed by atoms with Gasteiger partial charge in [0.05, 0.1) is 5.69 Å². The van der Waals surface area contributed by atoms with Crippen molar-refractivity contribution in [1.82, 2.24) is 24.8 Å². The van der Waals surface area contributed by atoms with Crippen LogP contribution in [0.3, 0.4) is 0 Å². The Kier molecular flexibility index (Phi) is 3.80. The van der Waals surface area contributed by atoms with Crippen LogP contribution in [0.4, 0.5) is 0 Å². The van der Waals surface area contributed by atoms with Crippen LogP contribution in [0.2, 0.25) is 0 Å². The molecule has 22 heavy (non-hydrogen) atoms. The second-order valence-electron chi connectivity index (χ2n) is 6.76. The molecule has 1 saturated heterocycles. The number of aromatic nitrogens is 4. The zero-order valence-corrected chi connectivity index (χ0v) is 14.2. The fraction of sp³-hybridized carbons (Fsp3) is 0.688. The van der Waals surface area contributed by atoms with Crippen LogP contribution in [-0.2, 0) is 19.0 Å². The molecule has 1 aliphatic heterocycles. The maximum atomic E-state index is 5.41. The standard InChI is InChI=1S/C16H25N5O/c1-11-14(12(2)20(5)18-11)10-21-8-6-16(4,7-9-21)15-17-13(3)19-22-15/h6-10H2,1-5H3. The summed E-state index contributed by atoms with van der Waals surface area (Å²) in [5, 5.41) is 8.45. The van der Waals surface area contributed by atoms with Crippen molar-refractivity contribution in [1.29, 1.82) is 0 Å². The first kappa shape index (κ1) is 15.2. The van der Waals surface area contributed by atoms with E-state index in [1.54, 1.807) is 0 Å². The van der Waals surface area contributed by atoms with E-state index in [1.807, 2.05) is 18.7 Å². The first-order valence-corrected chi connectivity index (χ1v) is 7.91. The maximum Gasteiger partial charge on any atom is 0.232 e. The van der Waals surface area contributed by atoms with Gasteiger partial charge in [0, 0.05) is 30.3 Å². The lowest BCUT2D eigenvalue weighted by Crippen LogP contribution is -2.40. The van der Waals surface area contributed by atoms with E-state index in [0.29, 0.717) is 0 Å². The molecule has 1 fully saturated rings. The Morgan fingerprint density at radius 1 is 1.18 bits per heavy atom. The van der Waals surface area contributed by atoms with Crippen LogP contribution in [0.15, 0.2) is 4.52 Å². The van der Waals surface area contributed by atoms with Crippen molar-refractivity contribution in [3.05, 3.63) is 28.7 Å². The van der Waals surface area contributed by atoms with Gasteiger partial charge in [0.1, 0.15) is 0 Å². The predicted octanol–water partition coefficient (Wildman–Crippen LogP) is 2.28. The van der Waals surface area contributed by atoms with Gasteiger partial charge in [-0.15, -0.1) is 0 Å². The third-order valence-corrected chi connectivity index (χ3v) is 5.04. The summed E-state index contributed by atoms with van der Waals surface area (Å²) < 4.78 is 7.38. The maximum absolute atomic E-state index is 5.41. The summed E-state index contributed by atoms with van der Waals surface area (Å²) in [6.07, 6.45) is 2.10. The summed E-state index contributed by atoms with van der Waals surface area (Å²) in [5.74, 6) is 1.51. The zero-order valence-electron chi connectivity index (χ0n) is 14.2. The highest BCUT2D eigenvalue weighted by atomic mass is 16.5. The minimum atomic E-state index is 0.0107. The number of nitrogens with zero attached hydrogens (tertiary/aromatic N) is 5. The summed E-state index contributed by atoms with van der Waals surface area (Å²) in [7, 11) is 2.01. The number of likely N-dealkylation sites (tertiary alicyclic amines) is 1. The Labute approximate surface area is 131 Å². The van der Waals surface area contributed by atoms with Gasteiger partial charge in [0.2, 0.25) is 5.89 Å². The first-order valence-electron chi connectivity index (χ1n) is 7.91. The monoisotopic (exact) mass is 303 g/mol. The lowest BCUT2D eigenvalue weighted by molar-refractivity contribution is 0.137. The van der Waals surface area contributed by atoms with Gasteiger partial charge in [0.25, 0.3) is 0 Å². The van der Waals surface area contributed by atoms with Gasteiger partial charge in [-0.1, -0.05) is 12.1 Å². The van der Waals surface area contributed by atoms with Crippen molar-refractivity contribution in [2.45, 2.75) is 52.5 Å². The SMILES string of the molecule is Cc1noc(C2(C)CCN(Cc3c(C)nn(C)c3C)CC2)n1. The molecule has 0 unspecified atom stereocenters. The highest BCUT2D eigenvalue weighted by Gasteiger charge is 2.36. The average molecular weight is 303 g/mol. The molecular formula is C16H25N5O. The number of rotatable bonds is 3. The number of piperidine rings is 1. The summed E-state index contributed by atoms with van der Waals surface area (Å²) in [6, 6.07) is 0. The van der Waals surface area contributed by atoms with Crippen LogP contribution in [-0.4, -0.2) is 37.9 Å². The fourth-order valence-electron chi connectivity index (χ4n) is 3.23. The first-order chi connectivity index (χ1) is 10.4. The van der Waals surface area contributed by atoms with Crippen molar-refractivity contribution >= 4 is 0 Å². The lowest BCUT2D eigenvalue weighted by Gasteiger charge is -2.37. The Morgan fingerprint density at radius 3 is 2.36 bits per heavy atom. The Bertz CT molecular complexity index is 664. The number of hydrogen-bond donors (Lipinski definition) is 0. The predicted molar refractivity (Wildman–Crippen MR) is 83.6 cm³/mol. The van der Waals surface area contributed by atoms with Crippen molar-refractivity contribution in [2.24, 2.45) is 7.05 Å². The summed E-state index contributed by atoms with van der Waals surface area (Å²) in [6.45, 7) is 11.4. The highest BCUT2D eigenvalue weighted by Crippen LogP contribution is 2.34. The molecule has 3 heterocycles. The van der Waals surface area contributed by atoms with Gasteiger partial charge in [-0.05, 0) is 46.7 Å². The van der Waals surface area contributed by atoms with E-state index >= 15 is 0 Å². The van der Waals surface area contributed by atoms with Crippen LogP contribution in [0.25, 0.3) is 0 Å². The number of aryl methyl sites for hydroxylation is 3. The largest absolute Gasteiger partial charge is 0.339 e. The van der Waals surface area contributed by atoms with E-state index in [1.165, 1.54) is 11.3 Å². The van der Waals surface area contributed by atoms with Crippen molar-refractivity contribution in [2.75, 3.05) is 13.1 Å². The molecule has 2 aromatic heterocycles. The minimum absolute atomic E-state index is 0.0107. The smallest absolute Gasteiger partial charge is 0.232 e. The van der Waals surface area contributed by atoms with Crippen LogP contribution in [0, 0.1) is 20.8 Å². The fourth-order valence-corrected chi connectivity index (χ4v) is 3.23. The third kappa shape index (κ3) is 2.67. The summed E-state index contributed by atoms with van der Waals surface area (Å²) in [5.41, 5.74) is 3.77. The highest BCUT2D eigenvalue weighted by molar-refractivity contribution is 5.24. The van der Waals surface area contributed by atoms with E-state index in [2.05, 4.69) is 40.9 Å². The van der Waals surface area contributed by atoms with E-state index in [0.717, 1.165) is 49.9 Å². The van der Waals surface area contributed by atoms with E-state index in [9.17, 15) is 0 Å². The summed E-state index contributed by atoms with van der Waals surface area (Å²) >= 11 is 0. The number of hydrogen-bond acceptors (Lipinski definition) is 5.